The molecule has 0 spiro atoms. The molecule has 1 fully saturated rings. The van der Waals surface area contributed by atoms with Crippen LogP contribution in [0, 0.1) is 6.92 Å². The highest BCUT2D eigenvalue weighted by atomic mass is 32.2. The number of rotatable bonds is 13. The summed E-state index contributed by atoms with van der Waals surface area (Å²) in [6.45, 7) is 11.3. The number of nitrogens with one attached hydrogen (secondary N) is 1. The van der Waals surface area contributed by atoms with Gasteiger partial charge in [0.1, 0.15) is 18.0 Å². The molecule has 51 heavy (non-hydrogen) atoms. The van der Waals surface area contributed by atoms with Gasteiger partial charge >= 0.3 is 0 Å². The third kappa shape index (κ3) is 8.51. The number of hydrogen-bond acceptors (Lipinski definition) is 7. The van der Waals surface area contributed by atoms with Gasteiger partial charge in [0.25, 0.3) is 12.4 Å². The Balaban J connectivity index is 0.00000141. The number of fused-ring (bicyclic) bond motifs is 5. The SMILES string of the molecule is CCCC(CCC)c1c2n(c3cc(C(=O)NOSN(C)C(C)C)ccc13)CC(c1c(C)cnn1C1CCC1)=Cc1cc(OC)ccc1-2.O=CO.S. The van der Waals surface area contributed by atoms with Crippen molar-refractivity contribution in [2.75, 3.05) is 14.2 Å². The van der Waals surface area contributed by atoms with Gasteiger partial charge < -0.3 is 14.4 Å². The lowest BCUT2D eigenvalue weighted by Gasteiger charge is -2.28. The molecule has 0 unspecified atom stereocenters. The standard InChI is InChI=1S/C38H49N5O3S.CH2O2.H2S/c1-8-11-26(12-9-2)35-33-17-15-27(38(44)40-46-47-41(6)24(3)4)21-34(33)42-23-29(36-25(5)22-39-43(36)30-13-10-14-30)19-28-20-31(45-7)16-18-32(28)37(35)42;2-1-3;/h15-22,24,26,30H,8-14,23H2,1-7H3,(H,40,44);1H,(H,2,3);1H2. The van der Waals surface area contributed by atoms with E-state index in [0.29, 0.717) is 24.1 Å². The molecule has 0 bridgehead atoms. The Bertz CT molecular complexity index is 1840. The molecule has 2 aromatic heterocycles. The molecule has 12 heteroatoms. The number of amides is 1. The number of ether oxygens (including phenoxy) is 1. The van der Waals surface area contributed by atoms with E-state index < -0.39 is 0 Å². The van der Waals surface area contributed by atoms with E-state index in [9.17, 15) is 4.79 Å². The minimum atomic E-state index is -0.263. The van der Waals surface area contributed by atoms with Gasteiger partial charge in [0.15, 0.2) is 0 Å². The van der Waals surface area contributed by atoms with Crippen LogP contribution in [0.15, 0.2) is 42.6 Å². The molecule has 0 atom stereocenters. The molecule has 6 rings (SSSR count). The van der Waals surface area contributed by atoms with Crippen LogP contribution in [-0.4, -0.2) is 56.3 Å². The van der Waals surface area contributed by atoms with E-state index in [2.05, 4.69) is 85.8 Å². The molecule has 1 aliphatic heterocycles. The highest BCUT2D eigenvalue weighted by Gasteiger charge is 2.31. The lowest BCUT2D eigenvalue weighted by molar-refractivity contribution is -0.122. The molecule has 4 aromatic rings. The second-order valence-electron chi connectivity index (χ2n) is 13.5. The topological polar surface area (TPSA) is 111 Å². The maximum Gasteiger partial charge on any atom is 0.290 e. The number of carbonyl (C=O) groups excluding carboxylic acids is 1. The van der Waals surface area contributed by atoms with Crippen molar-refractivity contribution in [1.29, 1.82) is 0 Å². The fourth-order valence-electron chi connectivity index (χ4n) is 7.08. The summed E-state index contributed by atoms with van der Waals surface area (Å²) in [6.07, 6.45) is 12.4. The van der Waals surface area contributed by atoms with Crippen molar-refractivity contribution >= 4 is 60.7 Å². The Morgan fingerprint density at radius 1 is 1.14 bits per heavy atom. The zero-order chi connectivity index (χ0) is 35.9. The zero-order valence-electron chi connectivity index (χ0n) is 30.9. The maximum absolute atomic E-state index is 13.4. The molecule has 1 amide bonds. The Labute approximate surface area is 313 Å². The van der Waals surface area contributed by atoms with Gasteiger partial charge in [0, 0.05) is 28.1 Å². The summed E-state index contributed by atoms with van der Waals surface area (Å²) >= 11 is 1.13. The molecule has 2 aliphatic rings. The average Bonchev–Trinajstić information content (AvgIpc) is 3.54. The van der Waals surface area contributed by atoms with Crippen molar-refractivity contribution in [1.82, 2.24) is 24.1 Å². The van der Waals surface area contributed by atoms with Gasteiger partial charge in [-0.05, 0) is 125 Å². The van der Waals surface area contributed by atoms with E-state index in [1.807, 2.05) is 23.6 Å². The van der Waals surface area contributed by atoms with Crippen molar-refractivity contribution in [3.8, 4) is 17.0 Å². The third-order valence-electron chi connectivity index (χ3n) is 9.94. The van der Waals surface area contributed by atoms with Crippen LogP contribution in [0.4, 0.5) is 0 Å². The molecule has 2 aromatic carbocycles. The molecule has 1 aliphatic carbocycles. The van der Waals surface area contributed by atoms with E-state index in [0.717, 1.165) is 67.6 Å². The van der Waals surface area contributed by atoms with Gasteiger partial charge in [0.05, 0.1) is 37.3 Å². The third-order valence-corrected chi connectivity index (χ3v) is 10.8. The van der Waals surface area contributed by atoms with Crippen LogP contribution in [0.2, 0.25) is 0 Å². The lowest BCUT2D eigenvalue weighted by atomic mass is 9.86. The summed E-state index contributed by atoms with van der Waals surface area (Å²) < 4.78 is 18.0. The first kappa shape index (κ1) is 40.1. The Morgan fingerprint density at radius 3 is 2.45 bits per heavy atom. The minimum absolute atomic E-state index is 0. The van der Waals surface area contributed by atoms with Crippen molar-refractivity contribution in [3.63, 3.8) is 0 Å². The summed E-state index contributed by atoms with van der Waals surface area (Å²) in [5.74, 6) is 0.975. The fraction of sp³-hybridized carbons (Fsp3) is 0.462. The van der Waals surface area contributed by atoms with Crippen LogP contribution in [0.5, 0.6) is 5.75 Å². The molecule has 0 radical (unpaired) electrons. The Morgan fingerprint density at radius 2 is 1.84 bits per heavy atom. The predicted molar refractivity (Wildman–Crippen MR) is 212 cm³/mol. The number of nitrogens with zero attached hydrogens (tertiary/aromatic N) is 4. The molecular formula is C39H53N5O5S2. The number of allylic oxidation sites excluding steroid dienone is 1. The summed E-state index contributed by atoms with van der Waals surface area (Å²) in [5, 5.41) is 13.0. The number of aromatic nitrogens is 3. The second kappa shape index (κ2) is 18.2. The van der Waals surface area contributed by atoms with E-state index >= 15 is 0 Å². The number of methoxy groups -OCH3 is 1. The number of aryl methyl sites for hydroxylation is 1. The average molecular weight is 736 g/mol. The fourth-order valence-corrected chi connectivity index (χ4v) is 7.48. The zero-order valence-corrected chi connectivity index (χ0v) is 32.7. The minimum Gasteiger partial charge on any atom is -0.497 e. The second-order valence-corrected chi connectivity index (χ2v) is 14.4. The molecular weight excluding hydrogens is 683 g/mol. The van der Waals surface area contributed by atoms with Crippen LogP contribution < -0.4 is 10.2 Å². The number of carbonyl (C=O) groups is 2. The Kier molecular flexibility index (Phi) is 14.3. The molecule has 0 saturated heterocycles. The van der Waals surface area contributed by atoms with Crippen molar-refractivity contribution in [2.45, 2.75) is 104 Å². The molecule has 10 nitrogen and oxygen atoms in total. The Hall–Kier alpha value is -3.71. The van der Waals surface area contributed by atoms with E-state index in [1.54, 1.807) is 7.11 Å². The normalized spacial score (nSPS) is 13.8. The van der Waals surface area contributed by atoms with Gasteiger partial charge in [-0.1, -0.05) is 32.8 Å². The van der Waals surface area contributed by atoms with Crippen molar-refractivity contribution in [3.05, 3.63) is 70.5 Å². The van der Waals surface area contributed by atoms with Crippen molar-refractivity contribution < 1.29 is 23.7 Å². The summed E-state index contributed by atoms with van der Waals surface area (Å²) in [5.41, 5.74) is 12.8. The highest BCUT2D eigenvalue weighted by Crippen LogP contribution is 2.47. The van der Waals surface area contributed by atoms with Gasteiger partial charge in [-0.15, -0.1) is 0 Å². The van der Waals surface area contributed by atoms with Crippen LogP contribution in [0.1, 0.15) is 117 Å². The van der Waals surface area contributed by atoms with Crippen LogP contribution >= 0.6 is 25.7 Å². The number of carboxylic acid groups (broad SMARTS) is 1. The first-order valence-corrected chi connectivity index (χ1v) is 18.4. The monoisotopic (exact) mass is 735 g/mol. The van der Waals surface area contributed by atoms with Crippen molar-refractivity contribution in [2.24, 2.45) is 0 Å². The summed E-state index contributed by atoms with van der Waals surface area (Å²) in [7, 11) is 3.67. The molecule has 2 N–H and O–H groups in total. The molecule has 276 valence electrons. The van der Waals surface area contributed by atoms with Gasteiger partial charge in [-0.2, -0.15) is 22.9 Å². The lowest BCUT2D eigenvalue weighted by Crippen LogP contribution is -2.25. The van der Waals surface area contributed by atoms with E-state index in [-0.39, 0.29) is 31.9 Å². The van der Waals surface area contributed by atoms with Crippen LogP contribution in [0.25, 0.3) is 33.8 Å². The first-order valence-electron chi connectivity index (χ1n) is 17.7. The summed E-state index contributed by atoms with van der Waals surface area (Å²) in [4.78, 5) is 21.8. The van der Waals surface area contributed by atoms with Crippen LogP contribution in [-0.2, 0) is 15.6 Å². The van der Waals surface area contributed by atoms with Crippen LogP contribution in [0.3, 0.4) is 0 Å². The molecule has 3 heterocycles. The number of hydrogen-bond donors (Lipinski definition) is 2. The van der Waals surface area contributed by atoms with Gasteiger partial charge in [0.2, 0.25) is 0 Å². The quantitative estimate of drug-likeness (QED) is 0.0606. The van der Waals surface area contributed by atoms with Gasteiger partial charge in [-0.25, -0.2) is 9.79 Å². The molecule has 1 saturated carbocycles. The van der Waals surface area contributed by atoms with E-state index in [4.69, 9.17) is 24.0 Å². The largest absolute Gasteiger partial charge is 0.497 e. The maximum atomic E-state index is 13.4. The smallest absolute Gasteiger partial charge is 0.290 e. The summed E-state index contributed by atoms with van der Waals surface area (Å²) in [6, 6.07) is 13.3. The van der Waals surface area contributed by atoms with Gasteiger partial charge in [-0.3, -0.25) is 14.3 Å². The number of hydroxylamine groups is 1. The highest BCUT2D eigenvalue weighted by molar-refractivity contribution is 7.92. The number of benzene rings is 2. The predicted octanol–water partition coefficient (Wildman–Crippen LogP) is 9.16. The first-order chi connectivity index (χ1) is 24.2. The van der Waals surface area contributed by atoms with E-state index in [1.165, 1.54) is 45.5 Å².